The molecule has 2 rings (SSSR count). The number of nitrogens with zero attached hydrogens (tertiary/aromatic N) is 1. The number of nitrogens with two attached hydrogens (primary N) is 1. The van der Waals surface area contributed by atoms with E-state index in [1.165, 1.54) is 25.7 Å². The summed E-state index contributed by atoms with van der Waals surface area (Å²) in [6.07, 6.45) is 5.67. The van der Waals surface area contributed by atoms with Crippen LogP contribution >= 0.6 is 0 Å². The second-order valence-electron chi connectivity index (χ2n) is 5.40. The Balaban J connectivity index is 1.99. The van der Waals surface area contributed by atoms with Gasteiger partial charge in [-0.2, -0.15) is 0 Å². The zero-order valence-corrected chi connectivity index (χ0v) is 9.83. The Bertz CT molecular complexity index is 254. The summed E-state index contributed by atoms with van der Waals surface area (Å²) in [4.78, 5) is 14.3. The van der Waals surface area contributed by atoms with Crippen molar-refractivity contribution in [2.45, 2.75) is 57.5 Å². The molecular formula is C12H22N2O. The van der Waals surface area contributed by atoms with Crippen LogP contribution in [0.4, 0.5) is 0 Å². The smallest absolute Gasteiger partial charge is 0.242 e. The minimum Gasteiger partial charge on any atom is -0.338 e. The topological polar surface area (TPSA) is 46.3 Å². The van der Waals surface area contributed by atoms with Crippen molar-refractivity contribution in [2.75, 3.05) is 6.54 Å². The van der Waals surface area contributed by atoms with Crippen molar-refractivity contribution in [3.8, 4) is 0 Å². The maximum atomic E-state index is 12.2. The van der Waals surface area contributed by atoms with Crippen LogP contribution in [0.15, 0.2) is 0 Å². The monoisotopic (exact) mass is 210 g/mol. The van der Waals surface area contributed by atoms with Crippen LogP contribution in [0, 0.1) is 5.92 Å². The first kappa shape index (κ1) is 10.9. The van der Waals surface area contributed by atoms with Crippen molar-refractivity contribution in [3.63, 3.8) is 0 Å². The zero-order valence-electron chi connectivity index (χ0n) is 9.83. The van der Waals surface area contributed by atoms with E-state index in [-0.39, 0.29) is 5.91 Å². The Morgan fingerprint density at radius 2 is 2.00 bits per heavy atom. The van der Waals surface area contributed by atoms with Gasteiger partial charge in [-0.05, 0) is 44.9 Å². The third kappa shape index (κ3) is 2.51. The van der Waals surface area contributed by atoms with Gasteiger partial charge in [0.05, 0.1) is 5.54 Å². The van der Waals surface area contributed by atoms with Gasteiger partial charge in [0.15, 0.2) is 0 Å². The average Bonchev–Trinajstić information content (AvgIpc) is 3.02. The van der Waals surface area contributed by atoms with Crippen LogP contribution < -0.4 is 5.73 Å². The van der Waals surface area contributed by atoms with Crippen LogP contribution in [0.25, 0.3) is 0 Å². The van der Waals surface area contributed by atoms with Crippen molar-refractivity contribution in [1.29, 1.82) is 0 Å². The standard InChI is InChI=1S/C12H22N2O/c1-3-12(2,13)11(15)14(10-6-7-10)8-9-4-5-9/h9-10H,3-8,13H2,1-2H3. The van der Waals surface area contributed by atoms with E-state index in [2.05, 4.69) is 4.90 Å². The molecule has 0 heterocycles. The van der Waals surface area contributed by atoms with Gasteiger partial charge < -0.3 is 10.6 Å². The largest absolute Gasteiger partial charge is 0.338 e. The lowest BCUT2D eigenvalue weighted by atomic mass is 9.98. The van der Waals surface area contributed by atoms with E-state index in [1.807, 2.05) is 13.8 Å². The third-order valence-electron chi connectivity index (χ3n) is 3.62. The molecule has 0 aromatic heterocycles. The second kappa shape index (κ2) is 3.78. The van der Waals surface area contributed by atoms with Crippen LogP contribution in [0.5, 0.6) is 0 Å². The van der Waals surface area contributed by atoms with Gasteiger partial charge in [-0.25, -0.2) is 0 Å². The highest BCUT2D eigenvalue weighted by Crippen LogP contribution is 2.35. The van der Waals surface area contributed by atoms with E-state index in [9.17, 15) is 4.79 Å². The van der Waals surface area contributed by atoms with Crippen LogP contribution in [-0.4, -0.2) is 28.9 Å². The Morgan fingerprint density at radius 3 is 2.40 bits per heavy atom. The van der Waals surface area contributed by atoms with Gasteiger partial charge >= 0.3 is 0 Å². The van der Waals surface area contributed by atoms with Crippen molar-refractivity contribution in [1.82, 2.24) is 4.90 Å². The molecule has 3 heteroatoms. The summed E-state index contributed by atoms with van der Waals surface area (Å²) >= 11 is 0. The number of hydrogen-bond acceptors (Lipinski definition) is 2. The molecule has 3 nitrogen and oxygen atoms in total. The number of amides is 1. The van der Waals surface area contributed by atoms with E-state index in [1.54, 1.807) is 0 Å². The van der Waals surface area contributed by atoms with Crippen LogP contribution in [0.1, 0.15) is 46.0 Å². The van der Waals surface area contributed by atoms with Crippen LogP contribution in [-0.2, 0) is 4.79 Å². The molecule has 0 bridgehead atoms. The fraction of sp³-hybridized carbons (Fsp3) is 0.917. The van der Waals surface area contributed by atoms with Gasteiger partial charge in [-0.15, -0.1) is 0 Å². The van der Waals surface area contributed by atoms with Gasteiger partial charge in [0, 0.05) is 12.6 Å². The summed E-state index contributed by atoms with van der Waals surface area (Å²) in [6.45, 7) is 4.80. The lowest BCUT2D eigenvalue weighted by molar-refractivity contribution is -0.137. The molecule has 2 aliphatic carbocycles. The lowest BCUT2D eigenvalue weighted by Gasteiger charge is -2.31. The highest BCUT2D eigenvalue weighted by molar-refractivity contribution is 5.86. The van der Waals surface area contributed by atoms with E-state index in [4.69, 9.17) is 5.73 Å². The van der Waals surface area contributed by atoms with Crippen molar-refractivity contribution in [3.05, 3.63) is 0 Å². The highest BCUT2D eigenvalue weighted by Gasteiger charge is 2.41. The van der Waals surface area contributed by atoms with E-state index in [0.29, 0.717) is 6.04 Å². The van der Waals surface area contributed by atoms with E-state index >= 15 is 0 Å². The van der Waals surface area contributed by atoms with Gasteiger partial charge in [0.2, 0.25) is 5.91 Å². The minimum absolute atomic E-state index is 0.166. The summed E-state index contributed by atoms with van der Waals surface area (Å²) in [7, 11) is 0. The maximum absolute atomic E-state index is 12.2. The molecule has 15 heavy (non-hydrogen) atoms. The number of carbonyl (C=O) groups excluding carboxylic acids is 1. The molecule has 2 N–H and O–H groups in total. The SMILES string of the molecule is CCC(C)(N)C(=O)N(CC1CC1)C1CC1. The third-order valence-corrected chi connectivity index (χ3v) is 3.62. The number of carbonyl (C=O) groups is 1. The average molecular weight is 210 g/mol. The highest BCUT2D eigenvalue weighted by atomic mass is 16.2. The van der Waals surface area contributed by atoms with Crippen molar-refractivity contribution in [2.24, 2.45) is 11.7 Å². The second-order valence-corrected chi connectivity index (χ2v) is 5.40. The van der Waals surface area contributed by atoms with Crippen molar-refractivity contribution >= 4 is 5.91 Å². The molecule has 86 valence electrons. The molecule has 2 saturated carbocycles. The Morgan fingerprint density at radius 1 is 1.40 bits per heavy atom. The summed E-state index contributed by atoms with van der Waals surface area (Å²) in [5, 5.41) is 0. The van der Waals surface area contributed by atoms with Gasteiger partial charge in [-0.3, -0.25) is 4.79 Å². The fourth-order valence-corrected chi connectivity index (χ4v) is 1.84. The summed E-state index contributed by atoms with van der Waals surface area (Å²) in [5.74, 6) is 0.932. The van der Waals surface area contributed by atoms with E-state index in [0.717, 1.165) is 18.9 Å². The Kier molecular flexibility index (Phi) is 2.75. The number of hydrogen-bond donors (Lipinski definition) is 1. The summed E-state index contributed by atoms with van der Waals surface area (Å²) in [5.41, 5.74) is 5.38. The zero-order chi connectivity index (χ0) is 11.1. The predicted octanol–water partition coefficient (Wildman–Crippen LogP) is 1.51. The predicted molar refractivity (Wildman–Crippen MR) is 60.3 cm³/mol. The molecule has 0 aliphatic heterocycles. The van der Waals surface area contributed by atoms with Crippen molar-refractivity contribution < 1.29 is 4.79 Å². The molecule has 2 fully saturated rings. The first-order valence-electron chi connectivity index (χ1n) is 6.14. The minimum atomic E-state index is -0.655. The molecule has 0 spiro atoms. The molecule has 0 aromatic carbocycles. The number of rotatable bonds is 5. The molecule has 2 aliphatic rings. The molecule has 1 amide bonds. The molecule has 0 saturated heterocycles. The molecular weight excluding hydrogens is 188 g/mol. The normalized spacial score (nSPS) is 24.7. The quantitative estimate of drug-likeness (QED) is 0.747. The first-order chi connectivity index (χ1) is 7.04. The van der Waals surface area contributed by atoms with Gasteiger partial charge in [0.25, 0.3) is 0 Å². The lowest BCUT2D eigenvalue weighted by Crippen LogP contribution is -2.54. The van der Waals surface area contributed by atoms with Crippen LogP contribution in [0.3, 0.4) is 0 Å². The fourth-order valence-electron chi connectivity index (χ4n) is 1.84. The molecule has 0 aromatic rings. The van der Waals surface area contributed by atoms with Crippen LogP contribution in [0.2, 0.25) is 0 Å². The Labute approximate surface area is 92.0 Å². The summed E-state index contributed by atoms with van der Waals surface area (Å²) < 4.78 is 0. The molecule has 0 radical (unpaired) electrons. The van der Waals surface area contributed by atoms with E-state index < -0.39 is 5.54 Å². The first-order valence-corrected chi connectivity index (χ1v) is 6.14. The van der Waals surface area contributed by atoms with Gasteiger partial charge in [-0.1, -0.05) is 6.92 Å². The summed E-state index contributed by atoms with van der Waals surface area (Å²) in [6, 6.07) is 0.507. The maximum Gasteiger partial charge on any atom is 0.242 e. The Hall–Kier alpha value is -0.570. The molecule has 1 unspecified atom stereocenters. The molecule has 1 atom stereocenters. The van der Waals surface area contributed by atoms with Gasteiger partial charge in [0.1, 0.15) is 0 Å².